The van der Waals surface area contributed by atoms with Gasteiger partial charge in [-0.2, -0.15) is 0 Å². The van der Waals surface area contributed by atoms with Crippen LogP contribution in [0.3, 0.4) is 0 Å². The van der Waals surface area contributed by atoms with Crippen molar-refractivity contribution in [3.05, 3.63) is 11.8 Å². The predicted molar refractivity (Wildman–Crippen MR) is 31.0 cm³/mol. The third-order valence-electron chi connectivity index (χ3n) is 1.36. The summed E-state index contributed by atoms with van der Waals surface area (Å²) in [5, 5.41) is 0. The van der Waals surface area contributed by atoms with E-state index in [4.69, 9.17) is 0 Å². The Bertz CT molecular complexity index is 90.4. The molecule has 0 aromatic heterocycles. The van der Waals surface area contributed by atoms with Gasteiger partial charge >= 0.3 is 0 Å². The molecule has 0 aliphatic carbocycles. The first kappa shape index (κ1) is 4.69. The van der Waals surface area contributed by atoms with Crippen LogP contribution in [0.4, 0.5) is 0 Å². The Balaban J connectivity index is 2.37. The third-order valence-corrected chi connectivity index (χ3v) is 1.36. The van der Waals surface area contributed by atoms with Crippen molar-refractivity contribution in [3.8, 4) is 0 Å². The van der Waals surface area contributed by atoms with Crippen molar-refractivity contribution in [1.29, 1.82) is 0 Å². The molecule has 1 aliphatic heterocycles. The smallest absolute Gasteiger partial charge is 0.0351 e. The molecule has 0 unspecified atom stereocenters. The zero-order valence-electron chi connectivity index (χ0n) is 4.94. The maximum Gasteiger partial charge on any atom is 0.0351 e. The van der Waals surface area contributed by atoms with Gasteiger partial charge in [-0.05, 0) is 13.8 Å². The Hall–Kier alpha value is -0.460. The van der Waals surface area contributed by atoms with Crippen molar-refractivity contribution >= 4 is 0 Å². The molecule has 40 valence electrons. The van der Waals surface area contributed by atoms with E-state index in [0.717, 1.165) is 0 Å². The number of hydrogen-bond acceptors (Lipinski definition) is 1. The maximum absolute atomic E-state index is 2.33. The molecule has 0 spiro atoms. The van der Waals surface area contributed by atoms with Crippen LogP contribution in [0.2, 0.25) is 0 Å². The second-order valence-corrected chi connectivity index (χ2v) is 1.92. The molecule has 1 heteroatoms. The molecule has 1 fully saturated rings. The molecule has 0 saturated carbocycles. The second kappa shape index (κ2) is 1.57. The summed E-state index contributed by atoms with van der Waals surface area (Å²) in [6.07, 6.45) is 2.15. The number of hydrogen-bond donors (Lipinski definition) is 0. The summed E-state index contributed by atoms with van der Waals surface area (Å²) in [7, 11) is 0. The van der Waals surface area contributed by atoms with Gasteiger partial charge in [0, 0.05) is 18.8 Å². The van der Waals surface area contributed by atoms with Gasteiger partial charge in [-0.25, -0.2) is 0 Å². The number of allylic oxidation sites excluding steroid dienone is 2. The highest BCUT2D eigenvalue weighted by molar-refractivity contribution is 5.01. The van der Waals surface area contributed by atoms with E-state index >= 15 is 0 Å². The lowest BCUT2D eigenvalue weighted by Gasteiger charge is -1.96. The molecule has 1 rings (SSSR count). The van der Waals surface area contributed by atoms with E-state index in [1.807, 2.05) is 0 Å². The van der Waals surface area contributed by atoms with E-state index in [-0.39, 0.29) is 0 Å². The maximum atomic E-state index is 2.33. The van der Waals surface area contributed by atoms with E-state index in [1.165, 1.54) is 18.8 Å². The first-order chi connectivity index (χ1) is 3.34. The molecule has 0 bridgehead atoms. The van der Waals surface area contributed by atoms with Crippen molar-refractivity contribution in [2.24, 2.45) is 0 Å². The van der Waals surface area contributed by atoms with E-state index in [0.29, 0.717) is 0 Å². The van der Waals surface area contributed by atoms with Gasteiger partial charge in [-0.15, -0.1) is 0 Å². The zero-order valence-corrected chi connectivity index (χ0v) is 4.94. The highest BCUT2D eigenvalue weighted by Gasteiger charge is 2.15. The van der Waals surface area contributed by atoms with Gasteiger partial charge < -0.3 is 4.90 Å². The molecule has 0 aromatic carbocycles. The van der Waals surface area contributed by atoms with Crippen molar-refractivity contribution in [3.63, 3.8) is 0 Å². The first-order valence-electron chi connectivity index (χ1n) is 2.72. The van der Waals surface area contributed by atoms with Gasteiger partial charge in [-0.1, -0.05) is 6.08 Å². The SMILES string of the molecule is C/C=C(\C)N1CC1. The van der Waals surface area contributed by atoms with E-state index in [9.17, 15) is 0 Å². The number of rotatable bonds is 1. The topological polar surface area (TPSA) is 3.01 Å². The molecule has 7 heavy (non-hydrogen) atoms. The van der Waals surface area contributed by atoms with Crippen molar-refractivity contribution in [1.82, 2.24) is 4.90 Å². The lowest BCUT2D eigenvalue weighted by molar-refractivity contribution is 0.696. The standard InChI is InChI=1S/C6H11N/c1-3-6(2)7-4-5-7/h3H,4-5H2,1-2H3/b6-3+. The van der Waals surface area contributed by atoms with E-state index in [2.05, 4.69) is 24.8 Å². The van der Waals surface area contributed by atoms with Crippen molar-refractivity contribution in [2.75, 3.05) is 13.1 Å². The fourth-order valence-corrected chi connectivity index (χ4v) is 0.585. The van der Waals surface area contributed by atoms with Crippen LogP contribution in [0.1, 0.15) is 13.8 Å². The van der Waals surface area contributed by atoms with Crippen LogP contribution in [-0.2, 0) is 0 Å². The normalized spacial score (nSPS) is 20.3. The molecule has 1 aliphatic rings. The molecule has 1 nitrogen and oxygen atoms in total. The molecule has 0 atom stereocenters. The van der Waals surface area contributed by atoms with Crippen LogP contribution >= 0.6 is 0 Å². The van der Waals surface area contributed by atoms with Crippen molar-refractivity contribution in [2.45, 2.75) is 13.8 Å². The van der Waals surface area contributed by atoms with Gasteiger partial charge in [0.2, 0.25) is 0 Å². The van der Waals surface area contributed by atoms with Gasteiger partial charge in [0.05, 0.1) is 0 Å². The lowest BCUT2D eigenvalue weighted by Crippen LogP contribution is -1.88. The van der Waals surface area contributed by atoms with Crippen molar-refractivity contribution < 1.29 is 0 Å². The van der Waals surface area contributed by atoms with Gasteiger partial charge in [-0.3, -0.25) is 0 Å². The minimum absolute atomic E-state index is 1.27. The molecule has 1 heterocycles. The minimum atomic E-state index is 1.27. The monoisotopic (exact) mass is 97.1 g/mol. The minimum Gasteiger partial charge on any atom is -0.372 e. The van der Waals surface area contributed by atoms with E-state index < -0.39 is 0 Å². The van der Waals surface area contributed by atoms with Gasteiger partial charge in [0.1, 0.15) is 0 Å². The van der Waals surface area contributed by atoms with Crippen LogP contribution in [-0.4, -0.2) is 18.0 Å². The fraction of sp³-hybridized carbons (Fsp3) is 0.667. The summed E-state index contributed by atoms with van der Waals surface area (Å²) in [4.78, 5) is 2.33. The Morgan fingerprint density at radius 2 is 2.14 bits per heavy atom. The molecular formula is C6H11N. The highest BCUT2D eigenvalue weighted by atomic mass is 15.3. The van der Waals surface area contributed by atoms with Crippen LogP contribution in [0.15, 0.2) is 11.8 Å². The number of nitrogens with zero attached hydrogens (tertiary/aromatic N) is 1. The molecular weight excluding hydrogens is 86.1 g/mol. The first-order valence-corrected chi connectivity index (χ1v) is 2.72. The molecule has 1 saturated heterocycles. The quantitative estimate of drug-likeness (QED) is 0.445. The summed E-state index contributed by atoms with van der Waals surface area (Å²) >= 11 is 0. The van der Waals surface area contributed by atoms with E-state index in [1.54, 1.807) is 0 Å². The summed E-state index contributed by atoms with van der Waals surface area (Å²) in [5.41, 5.74) is 1.42. The van der Waals surface area contributed by atoms with Gasteiger partial charge in [0.25, 0.3) is 0 Å². The molecule has 0 radical (unpaired) electrons. The average Bonchev–Trinajstić information content (AvgIpc) is 2.44. The third kappa shape index (κ3) is 0.952. The molecule has 0 amide bonds. The van der Waals surface area contributed by atoms with Crippen LogP contribution in [0.5, 0.6) is 0 Å². The summed E-state index contributed by atoms with van der Waals surface area (Å²) in [5.74, 6) is 0. The largest absolute Gasteiger partial charge is 0.372 e. The summed E-state index contributed by atoms with van der Waals surface area (Å²) in [6, 6.07) is 0. The highest BCUT2D eigenvalue weighted by Crippen LogP contribution is 2.11. The van der Waals surface area contributed by atoms with Crippen LogP contribution in [0.25, 0.3) is 0 Å². The fourth-order valence-electron chi connectivity index (χ4n) is 0.585. The Labute approximate surface area is 44.6 Å². The summed E-state index contributed by atoms with van der Waals surface area (Å²) in [6.45, 7) is 6.77. The Morgan fingerprint density at radius 1 is 1.57 bits per heavy atom. The summed E-state index contributed by atoms with van der Waals surface area (Å²) < 4.78 is 0. The average molecular weight is 97.2 g/mol. The zero-order chi connectivity index (χ0) is 5.28. The molecule has 0 N–H and O–H groups in total. The Kier molecular flexibility index (Phi) is 1.05. The van der Waals surface area contributed by atoms with Crippen LogP contribution < -0.4 is 0 Å². The lowest BCUT2D eigenvalue weighted by atomic mass is 10.5. The second-order valence-electron chi connectivity index (χ2n) is 1.92. The van der Waals surface area contributed by atoms with Crippen LogP contribution in [0, 0.1) is 0 Å². The predicted octanol–water partition coefficient (Wildman–Crippen LogP) is 1.23. The van der Waals surface area contributed by atoms with Gasteiger partial charge in [0.15, 0.2) is 0 Å². The molecule has 0 aromatic rings. The Morgan fingerprint density at radius 3 is 2.29 bits per heavy atom.